The minimum absolute atomic E-state index is 0.0393. The molecule has 1 amide bonds. The van der Waals surface area contributed by atoms with Gasteiger partial charge in [-0.1, -0.05) is 106 Å². The molecular formula is C52H52Cl2N8O11. The van der Waals surface area contributed by atoms with Crippen molar-refractivity contribution in [3.05, 3.63) is 166 Å². The van der Waals surface area contributed by atoms with Gasteiger partial charge in [0.05, 0.1) is 18.8 Å². The van der Waals surface area contributed by atoms with Crippen molar-refractivity contribution < 1.29 is 54.4 Å². The standard InChI is InChI=1S/C26H25ClN4O5.C19H22ClNO3.C7H5N3O3/c1-2-36-26(34)24(32)15-21(28-25(33)19-10-11-22-23(14-19)31(35)30-29-22)12-16-6-8-17(9-7-16)18-4-3-5-20(27)13-18;1-2-24-19(23)18(22)12-17(21)10-13-6-8-14(9-7-13)15-4-3-5-16(20)11-15;11-7(12)4-1-2-5-6(3-4)10(13)9-8-5/h3-11,13-14,21,24,32,35H,2,12,15H2,1H3,(H,28,33);3-9,11,17-18,22H,2,10,12,21H2,1H3;1-3,13H,(H,11,12)/t21-,24-;17-,18-;/m11./s1. The molecule has 0 bridgehead atoms. The summed E-state index contributed by atoms with van der Waals surface area (Å²) in [4.78, 5) is 48.2. The second-order valence-electron chi connectivity index (χ2n) is 16.4. The van der Waals surface area contributed by atoms with Crippen molar-refractivity contribution in [1.29, 1.82) is 0 Å². The van der Waals surface area contributed by atoms with Crippen molar-refractivity contribution in [3.8, 4) is 22.3 Å². The van der Waals surface area contributed by atoms with Crippen LogP contribution in [0, 0.1) is 0 Å². The molecule has 6 aromatic carbocycles. The van der Waals surface area contributed by atoms with Crippen LogP contribution in [0.5, 0.6) is 0 Å². The van der Waals surface area contributed by atoms with E-state index in [1.165, 1.54) is 24.3 Å². The number of nitrogens with one attached hydrogen (secondary N) is 1. The molecule has 0 spiro atoms. The van der Waals surface area contributed by atoms with Gasteiger partial charge in [0.15, 0.2) is 12.2 Å². The van der Waals surface area contributed by atoms with Crippen LogP contribution in [0.2, 0.25) is 10.0 Å². The first-order valence-electron chi connectivity index (χ1n) is 22.8. The number of carbonyl (C=O) groups is 4. The number of fused-ring (bicyclic) bond motifs is 2. The molecule has 8 aromatic rings. The summed E-state index contributed by atoms with van der Waals surface area (Å²) < 4.78 is 9.69. The van der Waals surface area contributed by atoms with Gasteiger partial charge in [0, 0.05) is 34.1 Å². The molecule has 0 radical (unpaired) electrons. The number of aliphatic hydroxyl groups excluding tert-OH is 2. The molecule has 8 N–H and O–H groups in total. The van der Waals surface area contributed by atoms with Crippen LogP contribution in [0.15, 0.2) is 133 Å². The van der Waals surface area contributed by atoms with Gasteiger partial charge in [-0.15, -0.1) is 10.2 Å². The molecule has 21 heteroatoms. The summed E-state index contributed by atoms with van der Waals surface area (Å²) in [5.41, 5.74) is 13.9. The number of hydrogen-bond donors (Lipinski definition) is 7. The van der Waals surface area contributed by atoms with Crippen molar-refractivity contribution in [1.82, 2.24) is 35.6 Å². The highest BCUT2D eigenvalue weighted by Crippen LogP contribution is 2.25. The van der Waals surface area contributed by atoms with E-state index >= 15 is 0 Å². The van der Waals surface area contributed by atoms with Gasteiger partial charge in [0.25, 0.3) is 5.91 Å². The maximum absolute atomic E-state index is 13.0. The molecule has 0 aliphatic heterocycles. The lowest BCUT2D eigenvalue weighted by molar-refractivity contribution is -0.154. The molecular weight excluding hydrogens is 984 g/mol. The van der Waals surface area contributed by atoms with Gasteiger partial charge in [-0.05, 0) is 138 Å². The molecule has 19 nitrogen and oxygen atoms in total. The molecule has 0 saturated heterocycles. The van der Waals surface area contributed by atoms with Crippen LogP contribution in [0.4, 0.5) is 0 Å². The first-order chi connectivity index (χ1) is 35.0. The fraction of sp³-hybridized carbons (Fsp3) is 0.231. The Hall–Kier alpha value is -7.94. The largest absolute Gasteiger partial charge is 0.478 e. The van der Waals surface area contributed by atoms with E-state index < -0.39 is 42.1 Å². The lowest BCUT2D eigenvalue weighted by Gasteiger charge is -2.21. The number of carboxylic acids is 1. The molecule has 0 unspecified atom stereocenters. The third-order valence-corrected chi connectivity index (χ3v) is 11.5. The maximum Gasteiger partial charge on any atom is 0.335 e. The van der Waals surface area contributed by atoms with Crippen LogP contribution < -0.4 is 11.1 Å². The van der Waals surface area contributed by atoms with E-state index in [0.717, 1.165) is 33.4 Å². The average molecular weight is 1040 g/mol. The number of aromatic carboxylic acids is 1. The van der Waals surface area contributed by atoms with Crippen LogP contribution in [-0.4, -0.2) is 117 Å². The fourth-order valence-electron chi connectivity index (χ4n) is 7.45. The van der Waals surface area contributed by atoms with Crippen LogP contribution in [0.1, 0.15) is 58.5 Å². The molecule has 2 heterocycles. The average Bonchev–Trinajstić information content (AvgIpc) is 3.95. The number of aromatic nitrogens is 6. The van der Waals surface area contributed by atoms with Gasteiger partial charge in [0.2, 0.25) is 0 Å². The second-order valence-corrected chi connectivity index (χ2v) is 17.3. The summed E-state index contributed by atoms with van der Waals surface area (Å²) in [5, 5.41) is 66.0. The fourth-order valence-corrected chi connectivity index (χ4v) is 7.83. The van der Waals surface area contributed by atoms with Crippen molar-refractivity contribution in [2.75, 3.05) is 13.2 Å². The Balaban J connectivity index is 0.000000200. The predicted molar refractivity (Wildman–Crippen MR) is 271 cm³/mol. The summed E-state index contributed by atoms with van der Waals surface area (Å²) >= 11 is 12.1. The van der Waals surface area contributed by atoms with Gasteiger partial charge in [-0.25, -0.2) is 14.4 Å². The van der Waals surface area contributed by atoms with Crippen molar-refractivity contribution in [2.24, 2.45) is 5.73 Å². The molecule has 73 heavy (non-hydrogen) atoms. The summed E-state index contributed by atoms with van der Waals surface area (Å²) in [6, 6.07) is 38.8. The highest BCUT2D eigenvalue weighted by molar-refractivity contribution is 6.31. The van der Waals surface area contributed by atoms with Crippen LogP contribution >= 0.6 is 23.2 Å². The Bertz CT molecular complexity index is 3150. The smallest absolute Gasteiger partial charge is 0.335 e. The van der Waals surface area contributed by atoms with Crippen molar-refractivity contribution >= 4 is 69.1 Å². The molecule has 2 aromatic heterocycles. The predicted octanol–water partition coefficient (Wildman–Crippen LogP) is 7.20. The molecule has 0 aliphatic carbocycles. The maximum atomic E-state index is 13.0. The monoisotopic (exact) mass is 1030 g/mol. The lowest BCUT2D eigenvalue weighted by atomic mass is 9.97. The minimum atomic E-state index is -1.40. The SMILES string of the molecule is CCOC(=O)[C@H](O)C[C@@H](Cc1ccc(-c2cccc(Cl)c2)cc1)NC(=O)c1ccc2nnn(O)c2c1.CCOC(=O)[C@H](O)C[C@H](N)Cc1ccc(-c2cccc(Cl)c2)cc1.O=C(O)c1ccc2nnn(O)c2c1. The summed E-state index contributed by atoms with van der Waals surface area (Å²) in [6.07, 6.45) is -1.50. The van der Waals surface area contributed by atoms with E-state index in [-0.39, 0.29) is 54.3 Å². The topological polar surface area (TPSA) is 287 Å². The van der Waals surface area contributed by atoms with Gasteiger partial charge in [-0.3, -0.25) is 4.79 Å². The quantitative estimate of drug-likeness (QED) is 0.0350. The number of amides is 1. The molecule has 0 fully saturated rings. The van der Waals surface area contributed by atoms with E-state index in [1.807, 2.05) is 97.1 Å². The molecule has 8 rings (SSSR count). The summed E-state index contributed by atoms with van der Waals surface area (Å²) in [6.45, 7) is 3.74. The molecule has 380 valence electrons. The van der Waals surface area contributed by atoms with E-state index in [9.17, 15) is 34.6 Å². The Morgan fingerprint density at radius 1 is 0.603 bits per heavy atom. The number of carbonyl (C=O) groups excluding carboxylic acids is 3. The lowest BCUT2D eigenvalue weighted by Crippen LogP contribution is -2.41. The molecule has 0 saturated carbocycles. The summed E-state index contributed by atoms with van der Waals surface area (Å²) in [7, 11) is 0. The van der Waals surface area contributed by atoms with Gasteiger partial charge >= 0.3 is 17.9 Å². The Morgan fingerprint density at radius 2 is 1.05 bits per heavy atom. The van der Waals surface area contributed by atoms with E-state index in [4.69, 9.17) is 48.7 Å². The van der Waals surface area contributed by atoms with E-state index in [2.05, 4.69) is 25.9 Å². The molecule has 0 aliphatic rings. The number of nitrogens with zero attached hydrogens (tertiary/aromatic N) is 6. The van der Waals surface area contributed by atoms with Gasteiger partial charge in [-0.2, -0.15) is 0 Å². The third-order valence-electron chi connectivity index (χ3n) is 11.1. The van der Waals surface area contributed by atoms with Gasteiger partial charge < -0.3 is 46.3 Å². The van der Waals surface area contributed by atoms with Crippen LogP contribution in [0.3, 0.4) is 0 Å². The first-order valence-corrected chi connectivity index (χ1v) is 23.6. The first kappa shape index (κ1) is 54.4. The van der Waals surface area contributed by atoms with Gasteiger partial charge in [0.1, 0.15) is 22.1 Å². The Labute approximate surface area is 428 Å². The highest BCUT2D eigenvalue weighted by atomic mass is 35.5. The van der Waals surface area contributed by atoms with E-state index in [1.54, 1.807) is 26.0 Å². The molecule has 4 atom stereocenters. The third kappa shape index (κ3) is 15.5. The number of ether oxygens (including phenoxy) is 2. The zero-order chi connectivity index (χ0) is 52.6. The number of hydrogen-bond acceptors (Lipinski definition) is 15. The summed E-state index contributed by atoms with van der Waals surface area (Å²) in [5.74, 6) is -2.85. The number of benzene rings is 6. The van der Waals surface area contributed by atoms with Crippen molar-refractivity contribution in [2.45, 2.75) is 63.8 Å². The minimum Gasteiger partial charge on any atom is -0.478 e. The number of nitrogens with two attached hydrogens (primary N) is 1. The van der Waals surface area contributed by atoms with Crippen LogP contribution in [0.25, 0.3) is 44.3 Å². The van der Waals surface area contributed by atoms with E-state index in [0.29, 0.717) is 43.6 Å². The highest BCUT2D eigenvalue weighted by Gasteiger charge is 2.25. The number of carboxylic acid groups (broad SMARTS) is 1. The zero-order valence-electron chi connectivity index (χ0n) is 39.5. The number of halogens is 2. The van der Waals surface area contributed by atoms with Crippen molar-refractivity contribution in [3.63, 3.8) is 0 Å². The number of aliphatic hydroxyl groups is 2. The Kier molecular flexibility index (Phi) is 19.3. The zero-order valence-corrected chi connectivity index (χ0v) is 41.0. The van der Waals surface area contributed by atoms with Crippen LogP contribution in [-0.2, 0) is 31.9 Å². The normalized spacial score (nSPS) is 12.5. The second kappa shape index (κ2) is 26.0. The number of esters is 2. The number of rotatable bonds is 17. The Morgan fingerprint density at radius 3 is 1.52 bits per heavy atom.